The first-order valence-electron chi connectivity index (χ1n) is 12.3. The Morgan fingerprint density at radius 1 is 1.02 bits per heavy atom. The summed E-state index contributed by atoms with van der Waals surface area (Å²) < 4.78 is 19.2. The van der Waals surface area contributed by atoms with Crippen molar-refractivity contribution in [2.24, 2.45) is 4.99 Å². The molecule has 204 valence electrons. The van der Waals surface area contributed by atoms with E-state index >= 15 is 0 Å². The maximum Gasteiger partial charge on any atom is 0.271 e. The monoisotopic (exact) mass is 667 g/mol. The van der Waals surface area contributed by atoms with Crippen LogP contribution in [0.25, 0.3) is 6.08 Å². The number of aromatic nitrogens is 1. The first-order chi connectivity index (χ1) is 19.3. The van der Waals surface area contributed by atoms with Gasteiger partial charge in [-0.3, -0.25) is 14.2 Å². The van der Waals surface area contributed by atoms with Crippen LogP contribution in [-0.4, -0.2) is 31.8 Å². The van der Waals surface area contributed by atoms with Gasteiger partial charge >= 0.3 is 0 Å². The van der Waals surface area contributed by atoms with Gasteiger partial charge in [-0.25, -0.2) is 4.99 Å². The molecule has 5 rings (SSSR count). The van der Waals surface area contributed by atoms with Crippen molar-refractivity contribution in [3.63, 3.8) is 0 Å². The van der Waals surface area contributed by atoms with Crippen molar-refractivity contribution in [2.45, 2.75) is 13.0 Å². The zero-order valence-electron chi connectivity index (χ0n) is 22.2. The number of halogens is 1. The molecule has 3 aromatic carbocycles. The molecule has 0 aliphatic carbocycles. The lowest BCUT2D eigenvalue weighted by molar-refractivity contribution is -0.113. The molecule has 1 amide bonds. The van der Waals surface area contributed by atoms with E-state index in [1.165, 1.54) is 11.3 Å². The number of nitrogens with one attached hydrogen (secondary N) is 1. The second-order valence-electron chi connectivity index (χ2n) is 8.91. The van der Waals surface area contributed by atoms with Gasteiger partial charge in [0.15, 0.2) is 16.3 Å². The summed E-state index contributed by atoms with van der Waals surface area (Å²) in [4.78, 5) is 32.9. The van der Waals surface area contributed by atoms with Gasteiger partial charge in [0.05, 0.1) is 46.7 Å². The fourth-order valence-electron chi connectivity index (χ4n) is 4.61. The zero-order valence-corrected chi connectivity index (χ0v) is 25.2. The molecule has 2 heterocycles. The molecule has 10 heteroatoms. The number of hydrogen-bond acceptors (Lipinski definition) is 7. The number of hydrogen-bond donors (Lipinski definition) is 1. The van der Waals surface area contributed by atoms with Gasteiger partial charge in [0, 0.05) is 5.69 Å². The van der Waals surface area contributed by atoms with E-state index in [-0.39, 0.29) is 11.5 Å². The lowest BCUT2D eigenvalue weighted by atomic mass is 9.95. The number of carbonyl (C=O) groups is 1. The first-order valence-corrected chi connectivity index (χ1v) is 14.2. The standard InChI is InChI=1S/C30H26IN3O5S/c1-17-25(28(35)33-20-8-6-5-7-9-20)26(19-10-12-21(37-2)13-11-19)34-29(36)24(40-30(34)32-17)16-18-14-22(31)27(39-4)23(15-18)38-3/h5-16,26H,1-4H3,(H,33,35)/b24-16+/t26-/m1/s1. The van der Waals surface area contributed by atoms with Gasteiger partial charge in [-0.15, -0.1) is 0 Å². The van der Waals surface area contributed by atoms with Crippen molar-refractivity contribution in [1.29, 1.82) is 0 Å². The number of para-hydroxylation sites is 1. The molecular weight excluding hydrogens is 641 g/mol. The number of fused-ring (bicyclic) bond motifs is 1. The second-order valence-corrected chi connectivity index (χ2v) is 11.1. The Morgan fingerprint density at radius 2 is 1.75 bits per heavy atom. The van der Waals surface area contributed by atoms with Crippen LogP contribution in [0.15, 0.2) is 87.8 Å². The third-order valence-electron chi connectivity index (χ3n) is 6.48. The van der Waals surface area contributed by atoms with Crippen molar-refractivity contribution in [2.75, 3.05) is 26.6 Å². The maximum atomic E-state index is 14.0. The Morgan fingerprint density at radius 3 is 2.40 bits per heavy atom. The number of allylic oxidation sites excluding steroid dienone is 1. The lowest BCUT2D eigenvalue weighted by Gasteiger charge is -2.25. The normalized spacial score (nSPS) is 14.8. The van der Waals surface area contributed by atoms with Crippen molar-refractivity contribution in [3.8, 4) is 17.2 Å². The highest BCUT2D eigenvalue weighted by Gasteiger charge is 2.32. The van der Waals surface area contributed by atoms with Gasteiger partial charge in [-0.2, -0.15) is 0 Å². The van der Waals surface area contributed by atoms with Crippen molar-refractivity contribution in [1.82, 2.24) is 4.57 Å². The molecule has 1 aliphatic heterocycles. The molecule has 0 saturated heterocycles. The Hall–Kier alpha value is -3.90. The van der Waals surface area contributed by atoms with E-state index in [0.29, 0.717) is 43.5 Å². The van der Waals surface area contributed by atoms with Crippen LogP contribution in [0.2, 0.25) is 0 Å². The van der Waals surface area contributed by atoms with Crippen molar-refractivity contribution in [3.05, 3.63) is 112 Å². The topological polar surface area (TPSA) is 91.2 Å². The van der Waals surface area contributed by atoms with Crippen LogP contribution in [0.5, 0.6) is 17.2 Å². The first kappa shape index (κ1) is 27.7. The van der Waals surface area contributed by atoms with E-state index in [9.17, 15) is 9.59 Å². The van der Waals surface area contributed by atoms with Gasteiger partial charge in [-0.05, 0) is 83.1 Å². The van der Waals surface area contributed by atoms with Gasteiger partial charge < -0.3 is 19.5 Å². The summed E-state index contributed by atoms with van der Waals surface area (Å²) in [6.07, 6.45) is 1.81. The number of nitrogens with zero attached hydrogens (tertiary/aromatic N) is 2. The molecule has 1 atom stereocenters. The number of anilines is 1. The van der Waals surface area contributed by atoms with Crippen LogP contribution < -0.4 is 34.4 Å². The number of rotatable bonds is 7. The van der Waals surface area contributed by atoms with E-state index in [0.717, 1.165) is 14.7 Å². The highest BCUT2D eigenvalue weighted by Crippen LogP contribution is 2.34. The van der Waals surface area contributed by atoms with E-state index in [1.807, 2.05) is 72.8 Å². The minimum absolute atomic E-state index is 0.244. The van der Waals surface area contributed by atoms with Crippen molar-refractivity contribution >= 4 is 51.6 Å². The molecule has 1 aromatic heterocycles. The number of ether oxygens (including phenoxy) is 3. The summed E-state index contributed by atoms with van der Waals surface area (Å²) >= 11 is 3.45. The highest BCUT2D eigenvalue weighted by molar-refractivity contribution is 14.1. The summed E-state index contributed by atoms with van der Waals surface area (Å²) in [5.74, 6) is 1.55. The fourth-order valence-corrected chi connectivity index (χ4v) is 6.50. The molecule has 0 spiro atoms. The van der Waals surface area contributed by atoms with Crippen LogP contribution in [0.4, 0.5) is 5.69 Å². The summed E-state index contributed by atoms with van der Waals surface area (Å²) in [5.41, 5.74) is 2.90. The average molecular weight is 668 g/mol. The molecule has 40 heavy (non-hydrogen) atoms. The molecule has 4 aromatic rings. The minimum atomic E-state index is -0.682. The number of thiazole rings is 1. The maximum absolute atomic E-state index is 14.0. The molecule has 0 unspecified atom stereocenters. The predicted octanol–water partition coefficient (Wildman–Crippen LogP) is 4.50. The minimum Gasteiger partial charge on any atom is -0.497 e. The fraction of sp³-hybridized carbons (Fsp3) is 0.167. The number of amides is 1. The summed E-state index contributed by atoms with van der Waals surface area (Å²) in [7, 11) is 4.76. The molecule has 0 radical (unpaired) electrons. The number of methoxy groups -OCH3 is 3. The van der Waals surface area contributed by atoms with E-state index in [4.69, 9.17) is 19.2 Å². The second kappa shape index (κ2) is 11.7. The van der Waals surface area contributed by atoms with Gasteiger partial charge in [0.2, 0.25) is 0 Å². The van der Waals surface area contributed by atoms with Crippen LogP contribution in [0.1, 0.15) is 24.1 Å². The highest BCUT2D eigenvalue weighted by atomic mass is 127. The Kier molecular flexibility index (Phi) is 8.08. The Bertz CT molecular complexity index is 1790. The quantitative estimate of drug-likeness (QED) is 0.293. The van der Waals surface area contributed by atoms with Crippen LogP contribution >= 0.6 is 33.9 Å². The number of carbonyl (C=O) groups excluding carboxylic acids is 1. The molecule has 0 bridgehead atoms. The van der Waals surface area contributed by atoms with Gasteiger partial charge in [0.1, 0.15) is 5.75 Å². The molecular formula is C30H26IN3O5S. The zero-order chi connectivity index (χ0) is 28.4. The molecule has 0 fully saturated rings. The van der Waals surface area contributed by atoms with Crippen molar-refractivity contribution < 1.29 is 19.0 Å². The number of benzene rings is 3. The third kappa shape index (κ3) is 5.28. The summed E-state index contributed by atoms with van der Waals surface area (Å²) in [6.45, 7) is 1.80. The van der Waals surface area contributed by atoms with Crippen LogP contribution in [0, 0.1) is 3.57 Å². The smallest absolute Gasteiger partial charge is 0.271 e. The average Bonchev–Trinajstić information content (AvgIpc) is 3.26. The Labute approximate surface area is 248 Å². The third-order valence-corrected chi connectivity index (χ3v) is 8.27. The predicted molar refractivity (Wildman–Crippen MR) is 164 cm³/mol. The molecule has 1 N–H and O–H groups in total. The largest absolute Gasteiger partial charge is 0.497 e. The summed E-state index contributed by atoms with van der Waals surface area (Å²) in [6, 6.07) is 19.6. The van der Waals surface area contributed by atoms with Crippen LogP contribution in [-0.2, 0) is 4.79 Å². The molecule has 1 aliphatic rings. The Balaban J connectivity index is 1.67. The van der Waals surface area contributed by atoms with Crippen LogP contribution in [0.3, 0.4) is 0 Å². The van der Waals surface area contributed by atoms with E-state index in [2.05, 4.69) is 27.9 Å². The van der Waals surface area contributed by atoms with Gasteiger partial charge in [-0.1, -0.05) is 41.7 Å². The summed E-state index contributed by atoms with van der Waals surface area (Å²) in [5, 5.41) is 2.96. The SMILES string of the molecule is COc1ccc([C@@H]2C(C(=O)Nc3ccccc3)=C(C)N=c3s/c(=C/c4cc(I)c(OC)c(OC)c4)c(=O)n32)cc1. The molecule has 0 saturated carbocycles. The van der Waals surface area contributed by atoms with E-state index in [1.54, 1.807) is 32.8 Å². The lowest BCUT2D eigenvalue weighted by Crippen LogP contribution is -2.40. The molecule has 8 nitrogen and oxygen atoms in total. The van der Waals surface area contributed by atoms with Gasteiger partial charge in [0.25, 0.3) is 11.5 Å². The van der Waals surface area contributed by atoms with E-state index < -0.39 is 6.04 Å².